The van der Waals surface area contributed by atoms with E-state index in [-0.39, 0.29) is 6.04 Å². The number of rotatable bonds is 4. The van der Waals surface area contributed by atoms with Crippen LogP contribution in [0.25, 0.3) is 60.0 Å². The van der Waals surface area contributed by atoms with Crippen LogP contribution in [0.5, 0.6) is 0 Å². The zero-order chi connectivity index (χ0) is 30.9. The van der Waals surface area contributed by atoms with E-state index in [1.54, 1.807) is 0 Å². The maximum Gasteiger partial charge on any atom is 0.159 e. The molecule has 2 heterocycles. The lowest BCUT2D eigenvalue weighted by Crippen LogP contribution is -2.26. The lowest BCUT2D eigenvalue weighted by Gasteiger charge is -2.36. The highest BCUT2D eigenvalue weighted by Gasteiger charge is 2.35. The molecule has 3 nitrogen and oxygen atoms in total. The molecule has 0 aliphatic heterocycles. The normalized spacial score (nSPS) is 14.6. The average molecular weight is 604 g/mol. The Hall–Kier alpha value is -6.06. The topological polar surface area (TPSA) is 29.5 Å². The highest BCUT2D eigenvalue weighted by molar-refractivity contribution is 6.11. The second kappa shape index (κ2) is 10.2. The molecule has 0 N–H and O–H groups in total. The highest BCUT2D eigenvalue weighted by Crippen LogP contribution is 2.50. The Morgan fingerprint density at radius 1 is 0.511 bits per heavy atom. The first-order valence-electron chi connectivity index (χ1n) is 16.2. The standard InChI is InChI=1S/C44H29NO2/c1-2-11-28(12-3-1)34-25-26-38(42-37-16-7-9-20-41(37)47-44(34)42)45(39-18-10-17-36-35-15-6-8-19-40(35)46-43(36)39)31-23-24-33-30(27-31)22-21-29-13-4-5-14-32(29)33/h1-25,27,38H,26H2. The number of fused-ring (bicyclic) bond motifs is 9. The Morgan fingerprint density at radius 3 is 2.06 bits per heavy atom. The fraction of sp³-hybridized carbons (Fsp3) is 0.0455. The number of furan rings is 2. The van der Waals surface area contributed by atoms with Crippen LogP contribution >= 0.6 is 0 Å². The maximum atomic E-state index is 6.75. The summed E-state index contributed by atoms with van der Waals surface area (Å²) in [6, 6.07) is 53.8. The molecule has 10 rings (SSSR count). The Kier molecular flexibility index (Phi) is 5.70. The van der Waals surface area contributed by atoms with Gasteiger partial charge in [0, 0.05) is 33.0 Å². The van der Waals surface area contributed by atoms with E-state index in [2.05, 4.69) is 157 Å². The number of para-hydroxylation sites is 3. The zero-order valence-corrected chi connectivity index (χ0v) is 25.6. The molecule has 0 bridgehead atoms. The quantitative estimate of drug-likeness (QED) is 0.187. The predicted octanol–water partition coefficient (Wildman–Crippen LogP) is 12.4. The number of hydrogen-bond donors (Lipinski definition) is 0. The Labute approximate surface area is 271 Å². The Bertz CT molecular complexity index is 2680. The van der Waals surface area contributed by atoms with E-state index in [0.717, 1.165) is 67.6 Å². The maximum absolute atomic E-state index is 6.75. The van der Waals surface area contributed by atoms with E-state index in [9.17, 15) is 0 Å². The summed E-state index contributed by atoms with van der Waals surface area (Å²) in [5, 5.41) is 8.34. The van der Waals surface area contributed by atoms with E-state index in [1.807, 2.05) is 6.07 Å². The van der Waals surface area contributed by atoms with Crippen LogP contribution in [0.15, 0.2) is 167 Å². The third-order valence-electron chi connectivity index (χ3n) is 9.80. The third kappa shape index (κ3) is 4.00. The molecule has 0 fully saturated rings. The van der Waals surface area contributed by atoms with E-state index in [1.165, 1.54) is 27.1 Å². The summed E-state index contributed by atoms with van der Waals surface area (Å²) >= 11 is 0. The van der Waals surface area contributed by atoms with Crippen molar-refractivity contribution in [3.63, 3.8) is 0 Å². The van der Waals surface area contributed by atoms with Crippen molar-refractivity contribution in [3.8, 4) is 0 Å². The Morgan fingerprint density at radius 2 is 1.19 bits per heavy atom. The van der Waals surface area contributed by atoms with Gasteiger partial charge in [0.2, 0.25) is 0 Å². The summed E-state index contributed by atoms with van der Waals surface area (Å²) in [5.41, 5.74) is 8.33. The molecule has 47 heavy (non-hydrogen) atoms. The molecule has 222 valence electrons. The fourth-order valence-electron chi connectivity index (χ4n) is 7.70. The minimum Gasteiger partial charge on any atom is -0.456 e. The van der Waals surface area contributed by atoms with Gasteiger partial charge in [0.05, 0.1) is 11.7 Å². The third-order valence-corrected chi connectivity index (χ3v) is 9.80. The van der Waals surface area contributed by atoms with Crippen molar-refractivity contribution < 1.29 is 8.83 Å². The smallest absolute Gasteiger partial charge is 0.159 e. The highest BCUT2D eigenvalue weighted by atomic mass is 16.3. The van der Waals surface area contributed by atoms with Gasteiger partial charge in [-0.25, -0.2) is 0 Å². The average Bonchev–Trinajstić information content (AvgIpc) is 3.72. The summed E-state index contributed by atoms with van der Waals surface area (Å²) in [5.74, 6) is 0.933. The van der Waals surface area contributed by atoms with Crippen molar-refractivity contribution in [3.05, 3.63) is 175 Å². The molecule has 0 saturated heterocycles. The van der Waals surface area contributed by atoms with E-state index >= 15 is 0 Å². The van der Waals surface area contributed by atoms with Crippen LogP contribution in [0, 0.1) is 0 Å². The molecule has 1 aliphatic rings. The number of hydrogen-bond acceptors (Lipinski definition) is 3. The molecular formula is C44H29NO2. The van der Waals surface area contributed by atoms with Gasteiger partial charge in [-0.15, -0.1) is 0 Å². The molecule has 9 aromatic rings. The SMILES string of the molecule is C1=C(c2ccccc2)c2oc3ccccc3c2C(N(c2ccc3c(ccc4ccccc43)c2)c2cccc3c2oc2ccccc23)C1. The van der Waals surface area contributed by atoms with Gasteiger partial charge >= 0.3 is 0 Å². The molecule has 0 amide bonds. The van der Waals surface area contributed by atoms with Gasteiger partial charge in [-0.1, -0.05) is 127 Å². The first kappa shape index (κ1) is 26.2. The largest absolute Gasteiger partial charge is 0.456 e. The monoisotopic (exact) mass is 603 g/mol. The molecule has 0 saturated carbocycles. The molecule has 1 aliphatic carbocycles. The molecule has 1 atom stereocenters. The minimum atomic E-state index is -0.0437. The molecule has 1 unspecified atom stereocenters. The van der Waals surface area contributed by atoms with Gasteiger partial charge in [0.15, 0.2) is 5.58 Å². The minimum absolute atomic E-state index is 0.0437. The van der Waals surface area contributed by atoms with Gasteiger partial charge in [0.25, 0.3) is 0 Å². The van der Waals surface area contributed by atoms with Crippen LogP contribution in [-0.2, 0) is 0 Å². The van der Waals surface area contributed by atoms with Crippen molar-refractivity contribution in [2.24, 2.45) is 0 Å². The van der Waals surface area contributed by atoms with Crippen molar-refractivity contribution >= 4 is 71.4 Å². The van der Waals surface area contributed by atoms with Gasteiger partial charge in [-0.3, -0.25) is 0 Å². The van der Waals surface area contributed by atoms with Crippen molar-refractivity contribution in [1.29, 1.82) is 0 Å². The molecule has 3 heteroatoms. The van der Waals surface area contributed by atoms with E-state index in [4.69, 9.17) is 8.83 Å². The predicted molar refractivity (Wildman–Crippen MR) is 194 cm³/mol. The fourth-order valence-corrected chi connectivity index (χ4v) is 7.70. The summed E-state index contributed by atoms with van der Waals surface area (Å²) in [7, 11) is 0. The van der Waals surface area contributed by atoms with Crippen LogP contribution in [0.2, 0.25) is 0 Å². The zero-order valence-electron chi connectivity index (χ0n) is 25.6. The van der Waals surface area contributed by atoms with Gasteiger partial charge < -0.3 is 13.7 Å². The lowest BCUT2D eigenvalue weighted by molar-refractivity contribution is 0.574. The summed E-state index contributed by atoms with van der Waals surface area (Å²) < 4.78 is 13.4. The summed E-state index contributed by atoms with van der Waals surface area (Å²) in [4.78, 5) is 2.48. The Balaban J connectivity index is 1.26. The van der Waals surface area contributed by atoms with E-state index < -0.39 is 0 Å². The number of anilines is 2. The molecule has 7 aromatic carbocycles. The van der Waals surface area contributed by atoms with Crippen LogP contribution in [0.4, 0.5) is 11.4 Å². The van der Waals surface area contributed by atoms with Crippen molar-refractivity contribution in [1.82, 2.24) is 0 Å². The van der Waals surface area contributed by atoms with Crippen LogP contribution in [-0.4, -0.2) is 0 Å². The van der Waals surface area contributed by atoms with Crippen LogP contribution in [0.1, 0.15) is 29.3 Å². The van der Waals surface area contributed by atoms with Gasteiger partial charge in [-0.05, 0) is 63.9 Å². The number of nitrogens with zero attached hydrogens (tertiary/aromatic N) is 1. The van der Waals surface area contributed by atoms with Gasteiger partial charge in [-0.2, -0.15) is 0 Å². The second-order valence-corrected chi connectivity index (χ2v) is 12.4. The lowest BCUT2D eigenvalue weighted by atomic mass is 9.86. The molecule has 0 spiro atoms. The van der Waals surface area contributed by atoms with Crippen molar-refractivity contribution in [2.75, 3.05) is 4.90 Å². The molecule has 2 aromatic heterocycles. The summed E-state index contributed by atoms with van der Waals surface area (Å²) in [6.45, 7) is 0. The van der Waals surface area contributed by atoms with E-state index in [0.29, 0.717) is 0 Å². The van der Waals surface area contributed by atoms with Crippen LogP contribution < -0.4 is 4.90 Å². The second-order valence-electron chi connectivity index (χ2n) is 12.4. The molecular weight excluding hydrogens is 574 g/mol. The van der Waals surface area contributed by atoms with Crippen LogP contribution in [0.3, 0.4) is 0 Å². The van der Waals surface area contributed by atoms with Gasteiger partial charge in [0.1, 0.15) is 16.9 Å². The summed E-state index contributed by atoms with van der Waals surface area (Å²) in [6.07, 6.45) is 3.15. The van der Waals surface area contributed by atoms with Crippen molar-refractivity contribution in [2.45, 2.75) is 12.5 Å². The number of benzene rings is 7. The molecule has 0 radical (unpaired) electrons. The first-order chi connectivity index (χ1) is 23.3. The first-order valence-corrected chi connectivity index (χ1v) is 16.2.